The number of rotatable bonds is 10. The number of nitrogens with zero attached hydrogens (tertiary/aromatic N) is 2. The van der Waals surface area contributed by atoms with Crippen molar-refractivity contribution in [3.05, 3.63) is 89.5 Å². The number of hydrogen-bond acceptors (Lipinski definition) is 8. The number of nitrogens with two attached hydrogens (primary N) is 1. The van der Waals surface area contributed by atoms with Gasteiger partial charge < -0.3 is 26.4 Å². The zero-order valence-electron chi connectivity index (χ0n) is 21.6. The molecule has 0 saturated carbocycles. The van der Waals surface area contributed by atoms with Crippen LogP contribution in [0.15, 0.2) is 72.8 Å². The van der Waals surface area contributed by atoms with Gasteiger partial charge in [0.25, 0.3) is 0 Å². The standard InChI is InChI=1S/C28H27N5O8/c29-15-19-10-11-20(35)13-21(19)31-33(24(36)16-34)23(12-17-6-2-1-3-7-17)25(37)30-28(26(38)39)14-18-8-4-5-9-22(18)32(28)27(40)41/h1-11,13,16,23,31,35H,12,14-15,29H2,(H,30,37)(H,38,39)(H,40,41). The molecule has 1 aliphatic heterocycles. The Bertz CT molecular complexity index is 1500. The molecule has 4 rings (SSSR count). The lowest BCUT2D eigenvalue weighted by Crippen LogP contribution is -2.69. The van der Waals surface area contributed by atoms with Crippen LogP contribution in [0.3, 0.4) is 0 Å². The highest BCUT2D eigenvalue weighted by Crippen LogP contribution is 2.38. The van der Waals surface area contributed by atoms with E-state index in [0.29, 0.717) is 26.6 Å². The van der Waals surface area contributed by atoms with Crippen LogP contribution in [0.1, 0.15) is 16.7 Å². The first-order chi connectivity index (χ1) is 19.6. The van der Waals surface area contributed by atoms with E-state index in [4.69, 9.17) is 5.73 Å². The Hall–Kier alpha value is -5.43. The van der Waals surface area contributed by atoms with Gasteiger partial charge in [-0.2, -0.15) is 0 Å². The number of hydrogen-bond donors (Lipinski definition) is 6. The highest BCUT2D eigenvalue weighted by molar-refractivity contribution is 6.24. The van der Waals surface area contributed by atoms with Crippen LogP contribution in [0.25, 0.3) is 0 Å². The minimum Gasteiger partial charge on any atom is -0.508 e. The number of phenolic OH excluding ortho intramolecular Hbond substituents is 1. The number of carboxylic acid groups (broad SMARTS) is 2. The molecule has 0 bridgehead atoms. The number of aldehydes is 1. The van der Waals surface area contributed by atoms with Gasteiger partial charge in [0, 0.05) is 25.5 Å². The minimum absolute atomic E-state index is 0.0325. The summed E-state index contributed by atoms with van der Waals surface area (Å²) in [4.78, 5) is 64.2. The number of carboxylic acids is 1. The summed E-state index contributed by atoms with van der Waals surface area (Å²) in [5, 5.41) is 33.4. The number of para-hydroxylation sites is 1. The van der Waals surface area contributed by atoms with E-state index in [9.17, 15) is 39.3 Å². The Morgan fingerprint density at radius 1 is 1.02 bits per heavy atom. The quantitative estimate of drug-likeness (QED) is 0.119. The number of benzene rings is 3. The summed E-state index contributed by atoms with van der Waals surface area (Å²) in [6.07, 6.45) is -2.26. The summed E-state index contributed by atoms with van der Waals surface area (Å²) < 4.78 is 0. The largest absolute Gasteiger partial charge is 0.508 e. The molecule has 1 aliphatic rings. The molecule has 3 aromatic rings. The third-order valence-corrected chi connectivity index (χ3v) is 6.71. The lowest BCUT2D eigenvalue weighted by molar-refractivity contribution is -0.149. The number of amides is 3. The fourth-order valence-corrected chi connectivity index (χ4v) is 4.78. The smallest absolute Gasteiger partial charge is 0.414 e. The first-order valence-corrected chi connectivity index (χ1v) is 12.4. The normalized spacial score (nSPS) is 16.3. The van der Waals surface area contributed by atoms with Crippen molar-refractivity contribution in [1.29, 1.82) is 0 Å². The molecular formula is C28H27N5O8. The van der Waals surface area contributed by atoms with Gasteiger partial charge in [-0.1, -0.05) is 54.6 Å². The molecule has 0 aliphatic carbocycles. The summed E-state index contributed by atoms with van der Waals surface area (Å²) in [5.74, 6) is -4.10. The first-order valence-electron chi connectivity index (χ1n) is 12.4. The molecule has 13 heteroatoms. The second kappa shape index (κ2) is 11.8. The molecule has 0 fully saturated rings. The van der Waals surface area contributed by atoms with Gasteiger partial charge in [-0.15, -0.1) is 0 Å². The van der Waals surface area contributed by atoms with Gasteiger partial charge in [-0.25, -0.2) is 19.5 Å². The molecule has 2 atom stereocenters. The molecule has 0 aromatic heterocycles. The first kappa shape index (κ1) is 28.6. The third kappa shape index (κ3) is 5.65. The van der Waals surface area contributed by atoms with E-state index >= 15 is 0 Å². The Balaban J connectivity index is 1.79. The van der Waals surface area contributed by atoms with Gasteiger partial charge >= 0.3 is 18.0 Å². The summed E-state index contributed by atoms with van der Waals surface area (Å²) in [6, 6.07) is 17.0. The van der Waals surface area contributed by atoms with Gasteiger partial charge in [0.15, 0.2) is 0 Å². The fraction of sp³-hybridized carbons (Fsp3) is 0.179. The summed E-state index contributed by atoms with van der Waals surface area (Å²) >= 11 is 0. The molecule has 3 amide bonds. The average Bonchev–Trinajstić information content (AvgIpc) is 3.30. The van der Waals surface area contributed by atoms with E-state index in [-0.39, 0.29) is 36.4 Å². The van der Waals surface area contributed by atoms with E-state index in [2.05, 4.69) is 10.7 Å². The topological polar surface area (TPSA) is 203 Å². The highest BCUT2D eigenvalue weighted by Gasteiger charge is 2.55. The van der Waals surface area contributed by atoms with E-state index < -0.39 is 42.0 Å². The number of carbonyl (C=O) groups is 5. The number of hydrazine groups is 1. The van der Waals surface area contributed by atoms with Crippen LogP contribution in [0.5, 0.6) is 5.75 Å². The monoisotopic (exact) mass is 561 g/mol. The number of fused-ring (bicyclic) bond motifs is 1. The average molecular weight is 562 g/mol. The SMILES string of the molecule is NCc1ccc(O)cc1NN(C(=O)C=O)C(Cc1ccccc1)C(=O)NC1(C(=O)O)Cc2ccccc2N1C(=O)O. The van der Waals surface area contributed by atoms with Crippen molar-refractivity contribution in [2.75, 3.05) is 10.3 Å². The van der Waals surface area contributed by atoms with Crippen LogP contribution in [0, 0.1) is 0 Å². The molecule has 13 nitrogen and oxygen atoms in total. The van der Waals surface area contributed by atoms with Crippen LogP contribution in [0.2, 0.25) is 0 Å². The number of phenols is 1. The van der Waals surface area contributed by atoms with Gasteiger partial charge in [-0.05, 0) is 28.8 Å². The van der Waals surface area contributed by atoms with E-state index in [0.717, 1.165) is 0 Å². The summed E-state index contributed by atoms with van der Waals surface area (Å²) in [7, 11) is 0. The summed E-state index contributed by atoms with van der Waals surface area (Å²) in [6.45, 7) is -0.0325. The third-order valence-electron chi connectivity index (χ3n) is 6.71. The van der Waals surface area contributed by atoms with E-state index in [1.807, 2.05) is 0 Å². The van der Waals surface area contributed by atoms with Crippen molar-refractivity contribution < 1.29 is 39.3 Å². The molecule has 0 radical (unpaired) electrons. The van der Waals surface area contributed by atoms with Crippen LogP contribution in [-0.4, -0.2) is 62.2 Å². The molecule has 41 heavy (non-hydrogen) atoms. The zero-order valence-corrected chi connectivity index (χ0v) is 21.6. The van der Waals surface area contributed by atoms with Crippen molar-refractivity contribution >= 4 is 41.5 Å². The van der Waals surface area contributed by atoms with Crippen molar-refractivity contribution in [3.8, 4) is 5.75 Å². The molecule has 1 heterocycles. The lowest BCUT2D eigenvalue weighted by atomic mass is 10.0. The van der Waals surface area contributed by atoms with Gasteiger partial charge in [0.2, 0.25) is 17.9 Å². The maximum atomic E-state index is 14.0. The van der Waals surface area contributed by atoms with Gasteiger partial charge in [-0.3, -0.25) is 19.8 Å². The van der Waals surface area contributed by atoms with Crippen molar-refractivity contribution in [2.45, 2.75) is 31.1 Å². The predicted octanol–water partition coefficient (Wildman–Crippen LogP) is 1.45. The number of aliphatic carboxylic acids is 1. The molecular weight excluding hydrogens is 534 g/mol. The second-order valence-corrected chi connectivity index (χ2v) is 9.27. The minimum atomic E-state index is -2.45. The maximum absolute atomic E-state index is 14.0. The fourth-order valence-electron chi connectivity index (χ4n) is 4.78. The van der Waals surface area contributed by atoms with Crippen molar-refractivity contribution in [2.24, 2.45) is 5.73 Å². The number of carbonyl (C=O) groups excluding carboxylic acids is 3. The Morgan fingerprint density at radius 2 is 1.71 bits per heavy atom. The Morgan fingerprint density at radius 3 is 2.34 bits per heavy atom. The maximum Gasteiger partial charge on any atom is 0.414 e. The number of nitrogens with one attached hydrogen (secondary N) is 2. The molecule has 3 aromatic carbocycles. The highest BCUT2D eigenvalue weighted by atomic mass is 16.4. The number of anilines is 2. The predicted molar refractivity (Wildman–Crippen MR) is 146 cm³/mol. The lowest BCUT2D eigenvalue weighted by Gasteiger charge is -2.37. The van der Waals surface area contributed by atoms with Crippen LogP contribution < -0.4 is 21.4 Å². The van der Waals surface area contributed by atoms with Crippen molar-refractivity contribution in [3.63, 3.8) is 0 Å². The molecule has 0 spiro atoms. The molecule has 2 unspecified atom stereocenters. The van der Waals surface area contributed by atoms with E-state index in [1.165, 1.54) is 30.3 Å². The van der Waals surface area contributed by atoms with Crippen LogP contribution in [0.4, 0.5) is 16.2 Å². The molecule has 0 saturated heterocycles. The number of aromatic hydroxyl groups is 1. The Labute approximate surface area is 233 Å². The summed E-state index contributed by atoms with van der Waals surface area (Å²) in [5.41, 5.74) is 7.54. The molecule has 212 valence electrons. The van der Waals surface area contributed by atoms with E-state index in [1.54, 1.807) is 42.5 Å². The van der Waals surface area contributed by atoms with Crippen LogP contribution in [-0.2, 0) is 38.6 Å². The van der Waals surface area contributed by atoms with Gasteiger partial charge in [0.1, 0.15) is 11.8 Å². The van der Waals surface area contributed by atoms with Crippen molar-refractivity contribution in [1.82, 2.24) is 10.3 Å². The van der Waals surface area contributed by atoms with Crippen LogP contribution >= 0.6 is 0 Å². The molecule has 7 N–H and O–H groups in total. The second-order valence-electron chi connectivity index (χ2n) is 9.27. The van der Waals surface area contributed by atoms with Gasteiger partial charge in [0.05, 0.1) is 11.4 Å². The Kier molecular flexibility index (Phi) is 8.19. The zero-order chi connectivity index (χ0) is 29.7.